The number of aliphatic carboxylic acids is 1. The van der Waals surface area contributed by atoms with Gasteiger partial charge in [-0.1, -0.05) is 0 Å². The van der Waals surface area contributed by atoms with Crippen molar-refractivity contribution in [2.45, 2.75) is 31.5 Å². The number of rotatable bonds is 5. The number of carboxylic acids is 1. The van der Waals surface area contributed by atoms with E-state index in [0.717, 1.165) is 4.90 Å². The fourth-order valence-corrected chi connectivity index (χ4v) is 2.54. The lowest BCUT2D eigenvalue weighted by Gasteiger charge is -2.25. The molecule has 1 aliphatic rings. The molecule has 10 nitrogen and oxygen atoms in total. The maximum atomic E-state index is 12.0. The van der Waals surface area contributed by atoms with Crippen molar-refractivity contribution in [1.29, 1.82) is 0 Å². The molecule has 1 fully saturated rings. The van der Waals surface area contributed by atoms with Crippen molar-refractivity contribution in [1.82, 2.24) is 10.2 Å². The molecule has 11 heteroatoms. The summed E-state index contributed by atoms with van der Waals surface area (Å²) in [5.41, 5.74) is 0. The first-order valence-electron chi connectivity index (χ1n) is 6.06. The molecule has 0 unspecified atom stereocenters. The summed E-state index contributed by atoms with van der Waals surface area (Å²) in [5, 5.41) is 20.5. The van der Waals surface area contributed by atoms with Gasteiger partial charge in [0.25, 0.3) is 0 Å². The Morgan fingerprint density at radius 2 is 1.95 bits per heavy atom. The van der Waals surface area contributed by atoms with Crippen LogP contribution in [-0.4, -0.2) is 73.6 Å². The van der Waals surface area contributed by atoms with Gasteiger partial charge in [0.05, 0.1) is 6.10 Å². The third kappa shape index (κ3) is 5.09. The Kier molecular flexibility index (Phi) is 5.46. The van der Waals surface area contributed by atoms with Gasteiger partial charge >= 0.3 is 13.6 Å². The molecule has 0 spiro atoms. The first-order chi connectivity index (χ1) is 9.51. The number of likely N-dealkylation sites (tertiary alicyclic amines) is 1. The summed E-state index contributed by atoms with van der Waals surface area (Å²) in [4.78, 5) is 52.6. The number of nitrogens with one attached hydrogen (secondary N) is 1. The molecule has 1 aliphatic heterocycles. The first-order valence-corrected chi connectivity index (χ1v) is 7.86. The molecule has 1 saturated heterocycles. The van der Waals surface area contributed by atoms with Gasteiger partial charge in [-0.25, -0.2) is 4.79 Å². The highest BCUT2D eigenvalue weighted by Gasteiger charge is 2.40. The number of carboxylic acid groups (broad SMARTS) is 1. The number of nitrogens with zero attached hydrogens (tertiary/aromatic N) is 1. The molecule has 0 radical (unpaired) electrons. The quantitative estimate of drug-likeness (QED) is 0.353. The van der Waals surface area contributed by atoms with Crippen molar-refractivity contribution < 1.29 is 38.9 Å². The van der Waals surface area contributed by atoms with Crippen molar-refractivity contribution in [3.05, 3.63) is 0 Å². The number of aliphatic hydroxyl groups is 1. The van der Waals surface area contributed by atoms with Gasteiger partial charge in [0.2, 0.25) is 11.8 Å². The highest BCUT2D eigenvalue weighted by molar-refractivity contribution is 7.52. The lowest BCUT2D eigenvalue weighted by atomic mass is 10.2. The van der Waals surface area contributed by atoms with Crippen LogP contribution in [0.15, 0.2) is 0 Å². The molecular formula is C10H17N2O8P. The number of aliphatic hydroxyl groups excluding tert-OH is 1. The maximum Gasteiger partial charge on any atom is 0.334 e. The smallest absolute Gasteiger partial charge is 0.334 e. The molecular weight excluding hydrogens is 307 g/mol. The molecule has 21 heavy (non-hydrogen) atoms. The third-order valence-electron chi connectivity index (χ3n) is 2.94. The minimum atomic E-state index is -4.54. The fraction of sp³-hybridized carbons (Fsp3) is 0.700. The molecule has 5 N–H and O–H groups in total. The maximum absolute atomic E-state index is 12.0. The summed E-state index contributed by atoms with van der Waals surface area (Å²) < 4.78 is 10.7. The van der Waals surface area contributed by atoms with Gasteiger partial charge in [-0.05, 0) is 6.92 Å². The van der Waals surface area contributed by atoms with E-state index in [0.29, 0.717) is 0 Å². The summed E-state index contributed by atoms with van der Waals surface area (Å²) >= 11 is 0. The second-order valence-electron chi connectivity index (χ2n) is 4.85. The van der Waals surface area contributed by atoms with Crippen molar-refractivity contribution >= 4 is 25.4 Å². The van der Waals surface area contributed by atoms with Gasteiger partial charge in [0, 0.05) is 13.0 Å². The minimum Gasteiger partial charge on any atom is -0.480 e. The lowest BCUT2D eigenvalue weighted by molar-refractivity contribution is -0.149. The van der Waals surface area contributed by atoms with Crippen LogP contribution in [0.2, 0.25) is 0 Å². The minimum absolute atomic E-state index is 0.107. The Bertz CT molecular complexity index is 489. The van der Waals surface area contributed by atoms with E-state index >= 15 is 0 Å². The predicted octanol–water partition coefficient (Wildman–Crippen LogP) is -2.28. The number of β-amino-alcohol motifs (C(OH)–C–C–N with tert-alkyl or cyclic N) is 1. The summed E-state index contributed by atoms with van der Waals surface area (Å²) in [5.74, 6) is -3.03. The highest BCUT2D eigenvalue weighted by atomic mass is 31.2. The van der Waals surface area contributed by atoms with Crippen LogP contribution < -0.4 is 5.32 Å². The zero-order valence-corrected chi connectivity index (χ0v) is 12.1. The zero-order chi connectivity index (χ0) is 16.4. The van der Waals surface area contributed by atoms with Gasteiger partial charge in [-0.15, -0.1) is 0 Å². The van der Waals surface area contributed by atoms with Crippen LogP contribution in [0.3, 0.4) is 0 Å². The lowest BCUT2D eigenvalue weighted by Crippen LogP contribution is -2.51. The molecule has 2 amide bonds. The van der Waals surface area contributed by atoms with E-state index in [-0.39, 0.29) is 13.0 Å². The van der Waals surface area contributed by atoms with Crippen LogP contribution >= 0.6 is 7.60 Å². The van der Waals surface area contributed by atoms with Gasteiger partial charge < -0.3 is 30.2 Å². The van der Waals surface area contributed by atoms with Crippen LogP contribution in [0.25, 0.3) is 0 Å². The Labute approximate surface area is 119 Å². The average Bonchev–Trinajstić information content (AvgIpc) is 2.67. The van der Waals surface area contributed by atoms with Crippen molar-refractivity contribution in [3.63, 3.8) is 0 Å². The van der Waals surface area contributed by atoms with Crippen LogP contribution in [0, 0.1) is 0 Å². The van der Waals surface area contributed by atoms with Crippen molar-refractivity contribution in [2.75, 3.05) is 12.7 Å². The molecule has 0 aromatic heterocycles. The van der Waals surface area contributed by atoms with E-state index < -0.39 is 49.7 Å². The molecule has 120 valence electrons. The number of carbonyl (C=O) groups is 3. The van der Waals surface area contributed by atoms with Crippen LogP contribution in [0.4, 0.5) is 0 Å². The normalized spacial score (nSPS) is 23.7. The van der Waals surface area contributed by atoms with Crippen LogP contribution in [-0.2, 0) is 18.9 Å². The van der Waals surface area contributed by atoms with Gasteiger partial charge in [-0.3, -0.25) is 14.2 Å². The standard InChI is InChI=1S/C10H17N2O8P/c1-5(11-8(14)4-21(18,19)20)9(15)12-3-6(13)2-7(12)10(16)17/h5-7,13H,2-4H2,1H3,(H,11,14)(H,16,17)(H2,18,19,20)/t5-,6+,7-/m0/s1. The topological polar surface area (TPSA) is 164 Å². The third-order valence-corrected chi connectivity index (χ3v) is 3.64. The van der Waals surface area contributed by atoms with E-state index in [1.165, 1.54) is 6.92 Å². The zero-order valence-electron chi connectivity index (χ0n) is 11.2. The Hall–Kier alpha value is -1.48. The molecule has 3 atom stereocenters. The highest BCUT2D eigenvalue weighted by Crippen LogP contribution is 2.33. The van der Waals surface area contributed by atoms with Crippen molar-refractivity contribution in [3.8, 4) is 0 Å². The van der Waals surface area contributed by atoms with Gasteiger partial charge in [-0.2, -0.15) is 0 Å². The molecule has 0 bridgehead atoms. The van der Waals surface area contributed by atoms with Crippen LogP contribution in [0.1, 0.15) is 13.3 Å². The number of hydrogen-bond donors (Lipinski definition) is 5. The average molecular weight is 324 g/mol. The van der Waals surface area contributed by atoms with E-state index in [9.17, 15) is 24.1 Å². The molecule has 1 heterocycles. The summed E-state index contributed by atoms with van der Waals surface area (Å²) in [7, 11) is -4.54. The van der Waals surface area contributed by atoms with E-state index in [2.05, 4.69) is 5.32 Å². The fourth-order valence-electron chi connectivity index (χ4n) is 2.08. The second kappa shape index (κ2) is 6.52. The van der Waals surface area contributed by atoms with E-state index in [4.69, 9.17) is 14.9 Å². The molecule has 1 rings (SSSR count). The predicted molar refractivity (Wildman–Crippen MR) is 68.3 cm³/mol. The Morgan fingerprint density at radius 3 is 2.43 bits per heavy atom. The second-order valence-corrected chi connectivity index (χ2v) is 6.49. The van der Waals surface area contributed by atoms with E-state index in [1.54, 1.807) is 0 Å². The summed E-state index contributed by atoms with van der Waals surface area (Å²) in [6, 6.07) is -2.34. The molecule has 0 aromatic rings. The monoisotopic (exact) mass is 324 g/mol. The van der Waals surface area contributed by atoms with Gasteiger partial charge in [0.15, 0.2) is 0 Å². The van der Waals surface area contributed by atoms with E-state index in [1.807, 2.05) is 0 Å². The number of amides is 2. The van der Waals surface area contributed by atoms with Crippen molar-refractivity contribution in [2.24, 2.45) is 0 Å². The van der Waals surface area contributed by atoms with Crippen LogP contribution in [0.5, 0.6) is 0 Å². The largest absolute Gasteiger partial charge is 0.480 e. The SMILES string of the molecule is C[C@H](NC(=O)CP(=O)(O)O)C(=O)N1C[C@H](O)C[C@H]1C(=O)O. The Balaban J connectivity index is 2.67. The molecule has 0 saturated carbocycles. The first kappa shape index (κ1) is 17.6. The summed E-state index contributed by atoms with van der Waals surface area (Å²) in [6.45, 7) is 1.10. The molecule has 0 aliphatic carbocycles. The van der Waals surface area contributed by atoms with Gasteiger partial charge in [0.1, 0.15) is 18.2 Å². The summed E-state index contributed by atoms with van der Waals surface area (Å²) in [6.07, 6.45) is -2.13. The number of hydrogen-bond acceptors (Lipinski definition) is 5. The Morgan fingerprint density at radius 1 is 1.38 bits per heavy atom. The number of carbonyl (C=O) groups excluding carboxylic acids is 2. The molecule has 0 aromatic carbocycles.